The minimum absolute atomic E-state index is 0.897. The Labute approximate surface area is 86.2 Å². The van der Waals surface area contributed by atoms with Crippen molar-refractivity contribution in [3.05, 3.63) is 48.8 Å². The van der Waals surface area contributed by atoms with Gasteiger partial charge in [-0.05, 0) is 24.3 Å². The molecule has 0 saturated heterocycles. The van der Waals surface area contributed by atoms with Gasteiger partial charge in [0.25, 0.3) is 0 Å². The average Bonchev–Trinajstić information content (AvgIpc) is 2.78. The fourth-order valence-electron chi connectivity index (χ4n) is 1.56. The first-order valence-corrected chi connectivity index (χ1v) is 4.66. The molecule has 0 aliphatic carbocycles. The van der Waals surface area contributed by atoms with Crippen molar-refractivity contribution in [2.24, 2.45) is 0 Å². The molecule has 0 fully saturated rings. The minimum atomic E-state index is 0.897. The largest absolute Gasteiger partial charge is 0.255 e. The molecule has 3 aromatic heterocycles. The molecular weight excluding hydrogens is 188 g/mol. The van der Waals surface area contributed by atoms with Crippen LogP contribution in [-0.4, -0.2) is 19.8 Å². The fraction of sp³-hybridized carbons (Fsp3) is 0. The third-order valence-electron chi connectivity index (χ3n) is 2.25. The van der Waals surface area contributed by atoms with Crippen LogP contribution in [0, 0.1) is 0 Å². The standard InChI is InChI=1S/C11H8N4/c1-2-7-12-10(5-1)11-6-3-4-9-8-13-14-15(9)11/h1-8H. The summed E-state index contributed by atoms with van der Waals surface area (Å²) in [6.45, 7) is 0. The van der Waals surface area contributed by atoms with Crippen LogP contribution in [0.3, 0.4) is 0 Å². The molecule has 0 saturated carbocycles. The number of hydrogen-bond donors (Lipinski definition) is 0. The zero-order valence-electron chi connectivity index (χ0n) is 7.91. The Hall–Kier alpha value is -2.23. The highest BCUT2D eigenvalue weighted by Crippen LogP contribution is 2.16. The van der Waals surface area contributed by atoms with Gasteiger partial charge in [-0.3, -0.25) is 4.98 Å². The summed E-state index contributed by atoms with van der Waals surface area (Å²) in [7, 11) is 0. The van der Waals surface area contributed by atoms with E-state index in [0.29, 0.717) is 0 Å². The van der Waals surface area contributed by atoms with Crippen LogP contribution in [0.4, 0.5) is 0 Å². The highest BCUT2D eigenvalue weighted by Gasteiger charge is 2.04. The van der Waals surface area contributed by atoms with Gasteiger partial charge in [0.2, 0.25) is 0 Å². The van der Waals surface area contributed by atoms with Gasteiger partial charge >= 0.3 is 0 Å². The molecule has 3 rings (SSSR count). The van der Waals surface area contributed by atoms with Crippen LogP contribution < -0.4 is 0 Å². The number of rotatable bonds is 1. The minimum Gasteiger partial charge on any atom is -0.255 e. The Bertz CT molecular complexity index is 586. The molecule has 0 bridgehead atoms. The number of nitrogens with zero attached hydrogens (tertiary/aromatic N) is 4. The maximum absolute atomic E-state index is 4.29. The van der Waals surface area contributed by atoms with Gasteiger partial charge in [-0.15, -0.1) is 5.10 Å². The Morgan fingerprint density at radius 1 is 1.00 bits per heavy atom. The maximum Gasteiger partial charge on any atom is 0.0927 e. The number of hydrogen-bond acceptors (Lipinski definition) is 3. The predicted octanol–water partition coefficient (Wildman–Crippen LogP) is 1.79. The smallest absolute Gasteiger partial charge is 0.0927 e. The van der Waals surface area contributed by atoms with Gasteiger partial charge in [0.05, 0.1) is 23.1 Å². The van der Waals surface area contributed by atoms with Crippen molar-refractivity contribution in [2.45, 2.75) is 0 Å². The Kier molecular flexibility index (Phi) is 1.71. The van der Waals surface area contributed by atoms with E-state index in [9.17, 15) is 0 Å². The van der Waals surface area contributed by atoms with Crippen LogP contribution in [0.25, 0.3) is 16.9 Å². The van der Waals surface area contributed by atoms with Crippen molar-refractivity contribution >= 4 is 5.52 Å². The molecular formula is C11H8N4. The molecule has 0 radical (unpaired) electrons. The quantitative estimate of drug-likeness (QED) is 0.596. The van der Waals surface area contributed by atoms with E-state index in [2.05, 4.69) is 15.3 Å². The lowest BCUT2D eigenvalue weighted by atomic mass is 10.2. The average molecular weight is 196 g/mol. The highest BCUT2D eigenvalue weighted by molar-refractivity contribution is 5.60. The molecule has 0 unspecified atom stereocenters. The summed E-state index contributed by atoms with van der Waals surface area (Å²) in [5.41, 5.74) is 2.82. The van der Waals surface area contributed by atoms with Gasteiger partial charge in [0, 0.05) is 6.20 Å². The summed E-state index contributed by atoms with van der Waals surface area (Å²) < 4.78 is 1.78. The molecule has 0 N–H and O–H groups in total. The molecule has 72 valence electrons. The van der Waals surface area contributed by atoms with Crippen LogP contribution in [0.2, 0.25) is 0 Å². The van der Waals surface area contributed by atoms with E-state index in [1.54, 1.807) is 16.9 Å². The monoisotopic (exact) mass is 196 g/mol. The summed E-state index contributed by atoms with van der Waals surface area (Å²) >= 11 is 0. The number of aromatic nitrogens is 4. The first kappa shape index (κ1) is 8.11. The second kappa shape index (κ2) is 3.16. The van der Waals surface area contributed by atoms with Crippen LogP contribution in [-0.2, 0) is 0 Å². The van der Waals surface area contributed by atoms with Crippen molar-refractivity contribution in [2.75, 3.05) is 0 Å². The Balaban J connectivity index is 2.31. The topological polar surface area (TPSA) is 43.1 Å². The van der Waals surface area contributed by atoms with E-state index in [1.807, 2.05) is 36.4 Å². The fourth-order valence-corrected chi connectivity index (χ4v) is 1.56. The molecule has 4 nitrogen and oxygen atoms in total. The van der Waals surface area contributed by atoms with Crippen LogP contribution in [0.1, 0.15) is 0 Å². The van der Waals surface area contributed by atoms with E-state index in [1.165, 1.54) is 0 Å². The van der Waals surface area contributed by atoms with Crippen molar-refractivity contribution in [1.82, 2.24) is 19.8 Å². The van der Waals surface area contributed by atoms with Crippen molar-refractivity contribution in [3.63, 3.8) is 0 Å². The summed E-state index contributed by atoms with van der Waals surface area (Å²) in [5.74, 6) is 0. The predicted molar refractivity (Wildman–Crippen MR) is 56.2 cm³/mol. The lowest BCUT2D eigenvalue weighted by Crippen LogP contribution is -1.94. The Morgan fingerprint density at radius 3 is 2.87 bits per heavy atom. The molecule has 3 heterocycles. The zero-order valence-corrected chi connectivity index (χ0v) is 7.91. The zero-order chi connectivity index (χ0) is 10.1. The van der Waals surface area contributed by atoms with E-state index >= 15 is 0 Å². The summed E-state index contributed by atoms with van der Waals surface area (Å²) in [4.78, 5) is 4.29. The van der Waals surface area contributed by atoms with Gasteiger partial charge in [0.15, 0.2) is 0 Å². The molecule has 15 heavy (non-hydrogen) atoms. The van der Waals surface area contributed by atoms with Crippen molar-refractivity contribution < 1.29 is 0 Å². The maximum atomic E-state index is 4.29. The van der Waals surface area contributed by atoms with Crippen molar-refractivity contribution in [3.8, 4) is 11.4 Å². The molecule has 0 atom stereocenters. The van der Waals surface area contributed by atoms with Gasteiger partial charge in [0.1, 0.15) is 0 Å². The first-order chi connectivity index (χ1) is 7.45. The molecule has 4 heteroatoms. The summed E-state index contributed by atoms with van der Waals surface area (Å²) in [5, 5.41) is 7.89. The lowest BCUT2D eigenvalue weighted by Gasteiger charge is -2.01. The van der Waals surface area contributed by atoms with E-state index in [4.69, 9.17) is 0 Å². The van der Waals surface area contributed by atoms with Crippen LogP contribution >= 0.6 is 0 Å². The molecule has 0 aliphatic heterocycles. The van der Waals surface area contributed by atoms with Crippen LogP contribution in [0.5, 0.6) is 0 Å². The van der Waals surface area contributed by atoms with Crippen LogP contribution in [0.15, 0.2) is 48.8 Å². The van der Waals surface area contributed by atoms with E-state index < -0.39 is 0 Å². The third kappa shape index (κ3) is 1.27. The van der Waals surface area contributed by atoms with Gasteiger partial charge in [-0.2, -0.15) is 0 Å². The first-order valence-electron chi connectivity index (χ1n) is 4.66. The molecule has 0 amide bonds. The van der Waals surface area contributed by atoms with Gasteiger partial charge in [-0.1, -0.05) is 17.3 Å². The Morgan fingerprint density at radius 2 is 2.00 bits per heavy atom. The SMILES string of the molecule is c1ccc(-c2cccc3cnnn23)nc1. The molecule has 0 aromatic carbocycles. The van der Waals surface area contributed by atoms with Gasteiger partial charge < -0.3 is 0 Å². The second-order valence-electron chi connectivity index (χ2n) is 3.20. The normalized spacial score (nSPS) is 10.7. The molecule has 0 aliphatic rings. The second-order valence-corrected chi connectivity index (χ2v) is 3.20. The van der Waals surface area contributed by atoms with E-state index in [-0.39, 0.29) is 0 Å². The van der Waals surface area contributed by atoms with Crippen molar-refractivity contribution in [1.29, 1.82) is 0 Å². The number of fused-ring (bicyclic) bond motifs is 1. The number of pyridine rings is 2. The highest BCUT2D eigenvalue weighted by atomic mass is 15.4. The van der Waals surface area contributed by atoms with E-state index in [0.717, 1.165) is 16.9 Å². The summed E-state index contributed by atoms with van der Waals surface area (Å²) in [6, 6.07) is 11.7. The summed E-state index contributed by atoms with van der Waals surface area (Å²) in [6.07, 6.45) is 3.50. The lowest BCUT2D eigenvalue weighted by molar-refractivity contribution is 0.859. The third-order valence-corrected chi connectivity index (χ3v) is 2.25. The molecule has 0 spiro atoms. The van der Waals surface area contributed by atoms with Gasteiger partial charge in [-0.25, -0.2) is 4.52 Å². The molecule has 3 aromatic rings.